The van der Waals surface area contributed by atoms with Gasteiger partial charge in [-0.15, -0.1) is 11.3 Å². The molecule has 2 aliphatic rings. The summed E-state index contributed by atoms with van der Waals surface area (Å²) in [5.74, 6) is 0.667. The Morgan fingerprint density at radius 1 is 1.21 bits per heavy atom. The average molecular weight is 430 g/mol. The summed E-state index contributed by atoms with van der Waals surface area (Å²) < 4.78 is 27.3. The summed E-state index contributed by atoms with van der Waals surface area (Å²) in [4.78, 5) is 16.2. The van der Waals surface area contributed by atoms with E-state index in [1.165, 1.54) is 26.9 Å². The lowest BCUT2D eigenvalue weighted by molar-refractivity contribution is 0.0697. The van der Waals surface area contributed by atoms with E-state index in [1.807, 2.05) is 11.4 Å². The normalized spacial score (nSPS) is 20.1. The largest absolute Gasteiger partial charge is 0.336 e. The molecule has 0 saturated carbocycles. The van der Waals surface area contributed by atoms with Gasteiger partial charge in [-0.3, -0.25) is 4.79 Å². The minimum absolute atomic E-state index is 0.00604. The summed E-state index contributed by atoms with van der Waals surface area (Å²) >= 11 is 1.67. The van der Waals surface area contributed by atoms with Gasteiger partial charge in [0, 0.05) is 36.4 Å². The second-order valence-corrected chi connectivity index (χ2v) is 10.6. The third kappa shape index (κ3) is 3.70. The Hall–Kier alpha value is -2.21. The first-order valence-corrected chi connectivity index (χ1v) is 12.1. The quantitative estimate of drug-likeness (QED) is 0.751. The molecule has 1 saturated heterocycles. The van der Waals surface area contributed by atoms with E-state index in [-0.39, 0.29) is 29.5 Å². The van der Waals surface area contributed by atoms with Crippen molar-refractivity contribution >= 4 is 27.3 Å². The molecule has 1 fully saturated rings. The van der Waals surface area contributed by atoms with E-state index in [0.717, 1.165) is 24.8 Å². The van der Waals surface area contributed by atoms with E-state index in [1.54, 1.807) is 28.4 Å². The highest BCUT2D eigenvalue weighted by molar-refractivity contribution is 7.89. The first kappa shape index (κ1) is 20.1. The van der Waals surface area contributed by atoms with E-state index >= 15 is 0 Å². The SMILES string of the molecule is CC1CCc2c(C(=O)N3CCN(S(=O)(=O)c4ccccc4C#N)CC3)csc2C1. The van der Waals surface area contributed by atoms with Crippen molar-refractivity contribution in [3.05, 3.63) is 51.2 Å². The first-order valence-electron chi connectivity index (χ1n) is 9.79. The molecule has 2 heterocycles. The number of fused-ring (bicyclic) bond motifs is 1. The lowest BCUT2D eigenvalue weighted by Gasteiger charge is -2.34. The maximum atomic E-state index is 13.1. The fourth-order valence-electron chi connectivity index (χ4n) is 4.08. The van der Waals surface area contributed by atoms with Crippen molar-refractivity contribution in [2.45, 2.75) is 31.1 Å². The molecular formula is C21H23N3O3S2. The highest BCUT2D eigenvalue weighted by atomic mass is 32.2. The summed E-state index contributed by atoms with van der Waals surface area (Å²) in [6, 6.07) is 8.19. The van der Waals surface area contributed by atoms with Gasteiger partial charge in [-0.2, -0.15) is 9.57 Å². The van der Waals surface area contributed by atoms with E-state index in [0.29, 0.717) is 19.0 Å². The Labute approximate surface area is 175 Å². The van der Waals surface area contributed by atoms with Crippen LogP contribution in [0.4, 0.5) is 0 Å². The van der Waals surface area contributed by atoms with Crippen LogP contribution >= 0.6 is 11.3 Å². The molecule has 0 spiro atoms. The molecule has 1 amide bonds. The minimum Gasteiger partial charge on any atom is -0.336 e. The summed E-state index contributed by atoms with van der Waals surface area (Å²) in [7, 11) is -3.75. The second kappa shape index (κ2) is 7.90. The molecule has 6 nitrogen and oxygen atoms in total. The summed E-state index contributed by atoms with van der Waals surface area (Å²) in [6.45, 7) is 3.42. The van der Waals surface area contributed by atoms with Crippen LogP contribution in [0.25, 0.3) is 0 Å². The zero-order valence-electron chi connectivity index (χ0n) is 16.3. The van der Waals surface area contributed by atoms with Crippen LogP contribution in [0.1, 0.15) is 39.7 Å². The number of benzene rings is 1. The number of hydrogen-bond acceptors (Lipinski definition) is 5. The number of hydrogen-bond donors (Lipinski definition) is 0. The molecule has 1 aliphatic heterocycles. The van der Waals surface area contributed by atoms with Crippen LogP contribution in [0.5, 0.6) is 0 Å². The van der Waals surface area contributed by atoms with Crippen molar-refractivity contribution in [2.24, 2.45) is 5.92 Å². The van der Waals surface area contributed by atoms with Crippen LogP contribution in [0.2, 0.25) is 0 Å². The number of amides is 1. The number of nitriles is 1. The molecule has 8 heteroatoms. The summed E-state index contributed by atoms with van der Waals surface area (Å²) in [5, 5.41) is 11.2. The molecule has 2 aromatic rings. The molecule has 0 N–H and O–H groups in total. The van der Waals surface area contributed by atoms with Gasteiger partial charge in [0.1, 0.15) is 6.07 Å². The van der Waals surface area contributed by atoms with Crippen LogP contribution in [0.15, 0.2) is 34.5 Å². The van der Waals surface area contributed by atoms with Gasteiger partial charge in [0.2, 0.25) is 10.0 Å². The maximum absolute atomic E-state index is 13.1. The Morgan fingerprint density at radius 3 is 2.66 bits per heavy atom. The van der Waals surface area contributed by atoms with E-state index in [4.69, 9.17) is 0 Å². The number of nitrogens with zero attached hydrogens (tertiary/aromatic N) is 3. The smallest absolute Gasteiger partial charge is 0.255 e. The fraction of sp³-hybridized carbons (Fsp3) is 0.429. The number of thiophene rings is 1. The predicted molar refractivity (Wildman–Crippen MR) is 111 cm³/mol. The zero-order valence-corrected chi connectivity index (χ0v) is 17.9. The van der Waals surface area contributed by atoms with Gasteiger partial charge in [-0.25, -0.2) is 8.42 Å². The fourth-order valence-corrected chi connectivity index (χ4v) is 6.88. The zero-order chi connectivity index (χ0) is 20.6. The standard InChI is InChI=1S/C21H23N3O3S2/c1-15-6-7-17-18(14-28-19(17)12-15)21(25)23-8-10-24(11-9-23)29(26,27)20-5-3-2-4-16(20)13-22/h2-5,14-15H,6-12H2,1H3. The Kier molecular flexibility index (Phi) is 5.47. The van der Waals surface area contributed by atoms with E-state index in [2.05, 4.69) is 6.92 Å². The molecule has 1 atom stereocenters. The third-order valence-corrected chi connectivity index (χ3v) is 8.79. The number of piperazine rings is 1. The van der Waals surface area contributed by atoms with Crippen LogP contribution < -0.4 is 0 Å². The van der Waals surface area contributed by atoms with Crippen molar-refractivity contribution in [1.29, 1.82) is 5.26 Å². The van der Waals surface area contributed by atoms with Crippen LogP contribution in [-0.4, -0.2) is 49.7 Å². The Morgan fingerprint density at radius 2 is 1.93 bits per heavy atom. The Bertz CT molecular complexity index is 1080. The highest BCUT2D eigenvalue weighted by Gasteiger charge is 2.33. The van der Waals surface area contributed by atoms with Crippen molar-refractivity contribution < 1.29 is 13.2 Å². The molecular weight excluding hydrogens is 406 g/mol. The Balaban J connectivity index is 1.47. The van der Waals surface area contributed by atoms with Crippen LogP contribution in [0, 0.1) is 17.2 Å². The summed E-state index contributed by atoms with van der Waals surface area (Å²) in [6.07, 6.45) is 3.09. The van der Waals surface area contributed by atoms with Gasteiger partial charge in [0.25, 0.3) is 5.91 Å². The first-order chi connectivity index (χ1) is 13.9. The molecule has 4 rings (SSSR count). The number of carbonyl (C=O) groups is 1. The van der Waals surface area contributed by atoms with Crippen molar-refractivity contribution in [3.63, 3.8) is 0 Å². The van der Waals surface area contributed by atoms with Gasteiger partial charge in [-0.1, -0.05) is 19.1 Å². The van der Waals surface area contributed by atoms with Crippen molar-refractivity contribution in [1.82, 2.24) is 9.21 Å². The van der Waals surface area contributed by atoms with E-state index < -0.39 is 10.0 Å². The lowest BCUT2D eigenvalue weighted by atomic mass is 9.88. The second-order valence-electron chi connectivity index (χ2n) is 7.70. The molecule has 1 unspecified atom stereocenters. The predicted octanol–water partition coefficient (Wildman–Crippen LogP) is 2.89. The van der Waals surface area contributed by atoms with Gasteiger partial charge in [0.05, 0.1) is 16.0 Å². The van der Waals surface area contributed by atoms with Crippen molar-refractivity contribution in [3.8, 4) is 6.07 Å². The number of rotatable bonds is 3. The van der Waals surface area contributed by atoms with Gasteiger partial charge < -0.3 is 4.90 Å². The van der Waals surface area contributed by atoms with Gasteiger partial charge in [-0.05, 0) is 42.9 Å². The van der Waals surface area contributed by atoms with Gasteiger partial charge in [0.15, 0.2) is 0 Å². The minimum atomic E-state index is -3.75. The number of sulfonamides is 1. The monoisotopic (exact) mass is 429 g/mol. The average Bonchev–Trinajstić information content (AvgIpc) is 3.16. The topological polar surface area (TPSA) is 81.5 Å². The van der Waals surface area contributed by atoms with Crippen LogP contribution in [0.3, 0.4) is 0 Å². The van der Waals surface area contributed by atoms with Gasteiger partial charge >= 0.3 is 0 Å². The third-order valence-electron chi connectivity index (χ3n) is 5.78. The lowest BCUT2D eigenvalue weighted by Crippen LogP contribution is -2.50. The molecule has 152 valence electrons. The molecule has 0 bridgehead atoms. The molecule has 1 aromatic carbocycles. The number of carbonyl (C=O) groups excluding carboxylic acids is 1. The molecule has 1 aromatic heterocycles. The van der Waals surface area contributed by atoms with Crippen LogP contribution in [-0.2, 0) is 22.9 Å². The molecule has 1 aliphatic carbocycles. The molecule has 29 heavy (non-hydrogen) atoms. The maximum Gasteiger partial charge on any atom is 0.255 e. The van der Waals surface area contributed by atoms with Crippen molar-refractivity contribution in [2.75, 3.05) is 26.2 Å². The highest BCUT2D eigenvalue weighted by Crippen LogP contribution is 2.33. The summed E-state index contributed by atoms with van der Waals surface area (Å²) in [5.41, 5.74) is 2.13. The molecule has 0 radical (unpaired) electrons. The van der Waals surface area contributed by atoms with E-state index in [9.17, 15) is 18.5 Å².